The van der Waals surface area contributed by atoms with Gasteiger partial charge in [0.1, 0.15) is 0 Å². The highest BCUT2D eigenvalue weighted by atomic mass is 35.5. The predicted molar refractivity (Wildman–Crippen MR) is 144 cm³/mol. The summed E-state index contributed by atoms with van der Waals surface area (Å²) in [5.41, 5.74) is 2.90. The Hall–Kier alpha value is -3.97. The zero-order chi connectivity index (χ0) is 26.8. The zero-order valence-corrected chi connectivity index (χ0v) is 21.6. The van der Waals surface area contributed by atoms with Crippen LogP contribution in [-0.2, 0) is 19.1 Å². The number of anilines is 2. The van der Waals surface area contributed by atoms with E-state index in [1.54, 1.807) is 37.3 Å². The van der Waals surface area contributed by atoms with Crippen LogP contribution in [0.2, 0.25) is 5.02 Å². The van der Waals surface area contributed by atoms with Gasteiger partial charge in [-0.3, -0.25) is 19.3 Å². The Bertz CT molecular complexity index is 1410. The molecule has 7 nitrogen and oxygen atoms in total. The number of ether oxygens (including phenoxy) is 1. The Morgan fingerprint density at radius 2 is 1.68 bits per heavy atom. The highest BCUT2D eigenvalue weighted by molar-refractivity contribution is 6.31. The van der Waals surface area contributed by atoms with Gasteiger partial charge in [-0.05, 0) is 73.6 Å². The molecule has 0 radical (unpaired) electrons. The van der Waals surface area contributed by atoms with Crippen LogP contribution < -0.4 is 10.2 Å². The quantitative estimate of drug-likeness (QED) is 0.335. The van der Waals surface area contributed by atoms with Crippen LogP contribution in [0.1, 0.15) is 46.7 Å². The summed E-state index contributed by atoms with van der Waals surface area (Å²) in [6.07, 6.45) is 2.12. The van der Waals surface area contributed by atoms with Crippen molar-refractivity contribution in [3.8, 4) is 0 Å². The van der Waals surface area contributed by atoms with Crippen molar-refractivity contribution in [3.63, 3.8) is 0 Å². The van der Waals surface area contributed by atoms with Gasteiger partial charge in [0.05, 0.1) is 23.1 Å². The fraction of sp³-hybridized carbons (Fsp3) is 0.267. The Morgan fingerprint density at radius 1 is 0.947 bits per heavy atom. The molecule has 1 saturated carbocycles. The van der Waals surface area contributed by atoms with Gasteiger partial charge in [-0.25, -0.2) is 4.79 Å². The third kappa shape index (κ3) is 5.07. The number of amides is 3. The Labute approximate surface area is 225 Å². The van der Waals surface area contributed by atoms with Gasteiger partial charge >= 0.3 is 5.97 Å². The maximum absolute atomic E-state index is 13.4. The van der Waals surface area contributed by atoms with Crippen molar-refractivity contribution in [2.24, 2.45) is 11.8 Å². The molecule has 194 valence electrons. The molecule has 3 aromatic rings. The molecule has 1 N–H and O–H groups in total. The molecule has 2 fully saturated rings. The van der Waals surface area contributed by atoms with Crippen molar-refractivity contribution in [2.75, 3.05) is 16.8 Å². The summed E-state index contributed by atoms with van der Waals surface area (Å²) in [7, 11) is 0. The average Bonchev–Trinajstić information content (AvgIpc) is 3.19. The minimum Gasteiger partial charge on any atom is -0.452 e. The van der Waals surface area contributed by atoms with Crippen molar-refractivity contribution in [3.05, 3.63) is 94.5 Å². The monoisotopic (exact) mass is 530 g/mol. The third-order valence-corrected chi connectivity index (χ3v) is 7.82. The molecular formula is C30H27ClN2O5. The minimum atomic E-state index is -0.731. The van der Waals surface area contributed by atoms with E-state index in [1.165, 1.54) is 22.6 Å². The maximum atomic E-state index is 13.4. The van der Waals surface area contributed by atoms with Crippen LogP contribution in [0, 0.1) is 18.8 Å². The van der Waals surface area contributed by atoms with E-state index in [-0.39, 0.29) is 35.1 Å². The number of hydrogen-bond acceptors (Lipinski definition) is 5. The standard InChI is InChI=1S/C30H27ClN2O5/c1-18-25(31)11-6-12-26(18)32-27(34)17-38-30(37)21-9-5-10-22(15-21)33-28(35)23-14-13-20(16-24(23)29(33)36)19-7-3-2-4-8-19/h2-12,15,20,23-24H,13-14,16-17H2,1H3,(H,32,34)/t20-,23+,24+/m0/s1. The van der Waals surface area contributed by atoms with Crippen LogP contribution in [0.3, 0.4) is 0 Å². The molecule has 0 aromatic heterocycles. The highest BCUT2D eigenvalue weighted by Crippen LogP contribution is 2.45. The van der Waals surface area contributed by atoms with Crippen LogP contribution in [0.4, 0.5) is 11.4 Å². The van der Waals surface area contributed by atoms with E-state index in [0.717, 1.165) is 6.42 Å². The highest BCUT2D eigenvalue weighted by Gasteiger charge is 2.50. The predicted octanol–water partition coefficient (Wildman–Crippen LogP) is 5.52. The summed E-state index contributed by atoms with van der Waals surface area (Å²) in [6, 6.07) is 21.4. The van der Waals surface area contributed by atoms with Gasteiger partial charge in [0, 0.05) is 10.7 Å². The van der Waals surface area contributed by atoms with Gasteiger partial charge in [-0.2, -0.15) is 0 Å². The molecule has 8 heteroatoms. The fourth-order valence-corrected chi connectivity index (χ4v) is 5.55. The number of imide groups is 1. The molecule has 0 spiro atoms. The Balaban J connectivity index is 1.25. The molecule has 38 heavy (non-hydrogen) atoms. The van der Waals surface area contributed by atoms with Crippen molar-refractivity contribution in [1.82, 2.24) is 0 Å². The second kappa shape index (κ2) is 10.8. The lowest BCUT2D eigenvalue weighted by Crippen LogP contribution is -2.31. The van der Waals surface area contributed by atoms with E-state index in [4.69, 9.17) is 16.3 Å². The number of esters is 1. The number of fused-ring (bicyclic) bond motifs is 1. The first kappa shape index (κ1) is 25.7. The summed E-state index contributed by atoms with van der Waals surface area (Å²) in [5.74, 6) is -2.20. The lowest BCUT2D eigenvalue weighted by molar-refractivity contribution is -0.122. The maximum Gasteiger partial charge on any atom is 0.338 e. The van der Waals surface area contributed by atoms with E-state index in [1.807, 2.05) is 18.2 Å². The number of hydrogen-bond donors (Lipinski definition) is 1. The number of benzene rings is 3. The molecule has 1 heterocycles. The molecule has 5 rings (SSSR count). The van der Waals surface area contributed by atoms with Gasteiger partial charge in [0.25, 0.3) is 5.91 Å². The number of halogens is 1. The van der Waals surface area contributed by atoms with Crippen molar-refractivity contribution in [2.45, 2.75) is 32.1 Å². The van der Waals surface area contributed by atoms with Gasteiger partial charge in [-0.1, -0.05) is 54.1 Å². The average molecular weight is 531 g/mol. The number of carbonyl (C=O) groups excluding carboxylic acids is 4. The Morgan fingerprint density at radius 3 is 2.47 bits per heavy atom. The van der Waals surface area contributed by atoms with E-state index in [9.17, 15) is 19.2 Å². The Kier molecular flexibility index (Phi) is 7.29. The summed E-state index contributed by atoms with van der Waals surface area (Å²) >= 11 is 6.08. The summed E-state index contributed by atoms with van der Waals surface area (Å²) in [5, 5.41) is 3.18. The molecule has 2 aliphatic rings. The van der Waals surface area contributed by atoms with Gasteiger partial charge in [0.15, 0.2) is 6.61 Å². The molecule has 1 saturated heterocycles. The minimum absolute atomic E-state index is 0.145. The molecular weight excluding hydrogens is 504 g/mol. The van der Waals surface area contributed by atoms with Gasteiger partial charge < -0.3 is 10.1 Å². The lowest BCUT2D eigenvalue weighted by atomic mass is 9.73. The van der Waals surface area contributed by atoms with Gasteiger partial charge in [-0.15, -0.1) is 0 Å². The van der Waals surface area contributed by atoms with Crippen LogP contribution >= 0.6 is 11.6 Å². The van der Waals surface area contributed by atoms with E-state index < -0.39 is 18.5 Å². The molecule has 3 aromatic carbocycles. The first-order chi connectivity index (χ1) is 18.3. The van der Waals surface area contributed by atoms with Crippen molar-refractivity contribution >= 4 is 46.7 Å². The third-order valence-electron chi connectivity index (χ3n) is 7.41. The number of rotatable bonds is 6. The van der Waals surface area contributed by atoms with E-state index >= 15 is 0 Å². The van der Waals surface area contributed by atoms with Crippen LogP contribution in [0.25, 0.3) is 0 Å². The van der Waals surface area contributed by atoms with Gasteiger partial charge in [0.2, 0.25) is 11.8 Å². The second-order valence-corrected chi connectivity index (χ2v) is 10.1. The first-order valence-corrected chi connectivity index (χ1v) is 13.0. The number of carbonyl (C=O) groups is 4. The molecule has 0 bridgehead atoms. The SMILES string of the molecule is Cc1c(Cl)cccc1NC(=O)COC(=O)c1cccc(N2C(=O)[C@@H]3CC[C@H](c4ccccc4)C[C@H]3C2=O)c1. The molecule has 1 aliphatic heterocycles. The van der Waals surface area contributed by atoms with Crippen LogP contribution in [-0.4, -0.2) is 30.3 Å². The smallest absolute Gasteiger partial charge is 0.338 e. The molecule has 1 aliphatic carbocycles. The topological polar surface area (TPSA) is 92.8 Å². The van der Waals surface area contributed by atoms with E-state index in [2.05, 4.69) is 17.4 Å². The lowest BCUT2D eigenvalue weighted by Gasteiger charge is -2.28. The molecule has 3 amide bonds. The molecule has 0 unspecified atom stereocenters. The normalized spacial score (nSPS) is 20.7. The summed E-state index contributed by atoms with van der Waals surface area (Å²) < 4.78 is 5.19. The summed E-state index contributed by atoms with van der Waals surface area (Å²) in [4.78, 5) is 52.8. The number of nitrogens with one attached hydrogen (secondary N) is 1. The van der Waals surface area contributed by atoms with Crippen molar-refractivity contribution < 1.29 is 23.9 Å². The second-order valence-electron chi connectivity index (χ2n) is 9.73. The van der Waals surface area contributed by atoms with E-state index in [0.29, 0.717) is 34.8 Å². The molecule has 3 atom stereocenters. The first-order valence-electron chi connectivity index (χ1n) is 12.6. The van der Waals surface area contributed by atoms with Crippen LogP contribution in [0.15, 0.2) is 72.8 Å². The number of nitrogens with zero attached hydrogens (tertiary/aromatic N) is 1. The zero-order valence-electron chi connectivity index (χ0n) is 20.9. The summed E-state index contributed by atoms with van der Waals surface area (Å²) in [6.45, 7) is 1.27. The van der Waals surface area contributed by atoms with Crippen molar-refractivity contribution in [1.29, 1.82) is 0 Å². The fourth-order valence-electron chi connectivity index (χ4n) is 5.38. The van der Waals surface area contributed by atoms with Crippen LogP contribution in [0.5, 0.6) is 0 Å². The largest absolute Gasteiger partial charge is 0.452 e.